The van der Waals surface area contributed by atoms with Crippen molar-refractivity contribution in [1.82, 2.24) is 14.5 Å². The molecule has 1 aromatic carbocycles. The lowest BCUT2D eigenvalue weighted by Gasteiger charge is -2.32. The van der Waals surface area contributed by atoms with E-state index in [-0.39, 0.29) is 11.4 Å². The van der Waals surface area contributed by atoms with Crippen LogP contribution in [-0.4, -0.2) is 40.1 Å². The van der Waals surface area contributed by atoms with Gasteiger partial charge in [-0.15, -0.1) is 11.3 Å². The van der Waals surface area contributed by atoms with Gasteiger partial charge >= 0.3 is 0 Å². The maximum absolute atomic E-state index is 13.6. The predicted octanol–water partition coefficient (Wildman–Crippen LogP) is 6.09. The summed E-state index contributed by atoms with van der Waals surface area (Å²) in [7, 11) is 3.61. The Morgan fingerprint density at radius 2 is 1.97 bits per heavy atom. The van der Waals surface area contributed by atoms with Gasteiger partial charge in [-0.05, 0) is 88.3 Å². The molecular formula is C27H35N3O2S. The fourth-order valence-electron chi connectivity index (χ4n) is 4.40. The summed E-state index contributed by atoms with van der Waals surface area (Å²) in [6.07, 6.45) is 2.57. The molecule has 0 radical (unpaired) electrons. The molecule has 0 saturated carbocycles. The molecule has 5 nitrogen and oxygen atoms in total. The minimum Gasteiger partial charge on any atom is -0.496 e. The molecule has 0 unspecified atom stereocenters. The highest BCUT2D eigenvalue weighted by Gasteiger charge is 2.33. The van der Waals surface area contributed by atoms with E-state index in [1.807, 2.05) is 7.05 Å². The molecule has 0 aliphatic carbocycles. The fraction of sp³-hybridized carbons (Fsp3) is 0.481. The maximum atomic E-state index is 13.6. The first kappa shape index (κ1) is 23.6. The molecule has 6 heteroatoms. The number of thiophene rings is 1. The number of fused-ring (bicyclic) bond motifs is 3. The molecule has 1 amide bonds. The van der Waals surface area contributed by atoms with Crippen LogP contribution in [0.25, 0.3) is 16.4 Å². The Bertz CT molecular complexity index is 1200. The van der Waals surface area contributed by atoms with E-state index in [4.69, 9.17) is 9.72 Å². The lowest BCUT2D eigenvalue weighted by molar-refractivity contribution is 0.0649. The summed E-state index contributed by atoms with van der Waals surface area (Å²) < 4.78 is 7.98. The number of hydrogen-bond donors (Lipinski definition) is 0. The summed E-state index contributed by atoms with van der Waals surface area (Å²) in [5.74, 6) is 2.30. The molecule has 0 spiro atoms. The fourth-order valence-corrected chi connectivity index (χ4v) is 5.25. The molecule has 0 saturated heterocycles. The van der Waals surface area contributed by atoms with E-state index in [9.17, 15) is 4.79 Å². The minimum atomic E-state index is -0.280. The van der Waals surface area contributed by atoms with E-state index in [1.54, 1.807) is 23.3 Å². The molecule has 1 aliphatic rings. The number of aryl methyl sites for hydroxylation is 2. The highest BCUT2D eigenvalue weighted by molar-refractivity contribution is 7.15. The maximum Gasteiger partial charge on any atom is 0.274 e. The number of ether oxygens (including phenoxy) is 1. The van der Waals surface area contributed by atoms with Gasteiger partial charge in [-0.2, -0.15) is 0 Å². The van der Waals surface area contributed by atoms with Crippen LogP contribution in [0.1, 0.15) is 66.8 Å². The van der Waals surface area contributed by atoms with E-state index in [0.29, 0.717) is 11.6 Å². The number of benzene rings is 1. The summed E-state index contributed by atoms with van der Waals surface area (Å²) in [4.78, 5) is 22.7. The Labute approximate surface area is 201 Å². The summed E-state index contributed by atoms with van der Waals surface area (Å²) in [6.45, 7) is 12.7. The van der Waals surface area contributed by atoms with Crippen molar-refractivity contribution in [3.63, 3.8) is 0 Å². The third-order valence-corrected chi connectivity index (χ3v) is 7.43. The number of rotatable bonds is 5. The van der Waals surface area contributed by atoms with Crippen LogP contribution in [-0.2, 0) is 19.3 Å². The molecule has 33 heavy (non-hydrogen) atoms. The Hall–Kier alpha value is -2.60. The smallest absolute Gasteiger partial charge is 0.274 e. The molecule has 176 valence electrons. The lowest BCUT2D eigenvalue weighted by atomic mass is 9.94. The molecule has 4 rings (SSSR count). The molecule has 2 aromatic heterocycles. The topological polar surface area (TPSA) is 47.4 Å². The Morgan fingerprint density at radius 3 is 2.55 bits per heavy atom. The first-order chi connectivity index (χ1) is 15.5. The second kappa shape index (κ2) is 8.64. The number of carbonyl (C=O) groups is 1. The van der Waals surface area contributed by atoms with E-state index in [2.05, 4.69) is 70.4 Å². The third kappa shape index (κ3) is 4.33. The molecule has 0 fully saturated rings. The van der Waals surface area contributed by atoms with E-state index in [0.717, 1.165) is 47.1 Å². The average molecular weight is 466 g/mol. The van der Waals surface area contributed by atoms with Crippen LogP contribution >= 0.6 is 11.3 Å². The van der Waals surface area contributed by atoms with Crippen molar-refractivity contribution in [2.75, 3.05) is 14.2 Å². The van der Waals surface area contributed by atoms with Crippen molar-refractivity contribution in [3.8, 4) is 22.1 Å². The molecule has 3 heterocycles. The van der Waals surface area contributed by atoms with Crippen molar-refractivity contribution >= 4 is 17.2 Å². The minimum absolute atomic E-state index is 0.0230. The first-order valence-electron chi connectivity index (χ1n) is 11.7. The summed E-state index contributed by atoms with van der Waals surface area (Å²) in [5, 5.41) is 0. The second-order valence-corrected chi connectivity index (χ2v) is 11.7. The van der Waals surface area contributed by atoms with Crippen LogP contribution in [0.2, 0.25) is 0 Å². The molecule has 0 atom stereocenters. The number of carbonyl (C=O) groups excluding carboxylic acids is 1. The van der Waals surface area contributed by atoms with Gasteiger partial charge in [0.1, 0.15) is 5.75 Å². The van der Waals surface area contributed by atoms with E-state index in [1.165, 1.54) is 16.0 Å². The van der Waals surface area contributed by atoms with Gasteiger partial charge in [0.05, 0.1) is 23.4 Å². The van der Waals surface area contributed by atoms with E-state index < -0.39 is 0 Å². The standard InChI is InChI=1S/C27H35N3O2S/c1-16(2)13-19-14-21-18(15-22(19)32-8)10-11-20-24(26(31)29(7)27(4,5)6)28-25(30(20)21)23-12-9-17(3)33-23/h9,12,14-16H,10-11,13H2,1-8H3. The zero-order valence-electron chi connectivity index (χ0n) is 21.1. The zero-order chi connectivity index (χ0) is 24.1. The number of aromatic nitrogens is 2. The number of amides is 1. The first-order valence-corrected chi connectivity index (χ1v) is 12.5. The van der Waals surface area contributed by atoms with Gasteiger partial charge in [0.2, 0.25) is 0 Å². The van der Waals surface area contributed by atoms with Crippen LogP contribution in [0.4, 0.5) is 0 Å². The normalized spacial score (nSPS) is 13.1. The van der Waals surface area contributed by atoms with Gasteiger partial charge < -0.3 is 9.64 Å². The molecular weight excluding hydrogens is 430 g/mol. The number of imidazole rings is 1. The Balaban J connectivity index is 1.95. The summed E-state index contributed by atoms with van der Waals surface area (Å²) in [5.41, 5.74) is 4.85. The van der Waals surface area contributed by atoms with Crippen LogP contribution in [0.5, 0.6) is 5.75 Å². The predicted molar refractivity (Wildman–Crippen MR) is 136 cm³/mol. The van der Waals surface area contributed by atoms with Crippen LogP contribution in [0.3, 0.4) is 0 Å². The highest BCUT2D eigenvalue weighted by atomic mass is 32.1. The lowest BCUT2D eigenvalue weighted by Crippen LogP contribution is -2.43. The van der Waals surface area contributed by atoms with Gasteiger partial charge in [0, 0.05) is 17.5 Å². The number of hydrogen-bond acceptors (Lipinski definition) is 4. The van der Waals surface area contributed by atoms with Crippen LogP contribution in [0.15, 0.2) is 24.3 Å². The van der Waals surface area contributed by atoms with Crippen molar-refractivity contribution in [3.05, 3.63) is 51.7 Å². The van der Waals surface area contributed by atoms with Crippen molar-refractivity contribution in [1.29, 1.82) is 0 Å². The van der Waals surface area contributed by atoms with Gasteiger partial charge in [-0.3, -0.25) is 9.36 Å². The summed E-state index contributed by atoms with van der Waals surface area (Å²) >= 11 is 1.72. The highest BCUT2D eigenvalue weighted by Crippen LogP contribution is 2.39. The zero-order valence-corrected chi connectivity index (χ0v) is 21.9. The van der Waals surface area contributed by atoms with Gasteiger partial charge in [-0.25, -0.2) is 4.98 Å². The Morgan fingerprint density at radius 1 is 1.24 bits per heavy atom. The molecule has 0 bridgehead atoms. The second-order valence-electron chi connectivity index (χ2n) is 10.4. The molecule has 3 aromatic rings. The van der Waals surface area contributed by atoms with Crippen molar-refractivity contribution < 1.29 is 9.53 Å². The van der Waals surface area contributed by atoms with Crippen LogP contribution in [0, 0.1) is 12.8 Å². The largest absolute Gasteiger partial charge is 0.496 e. The Kier molecular flexibility index (Phi) is 6.16. The summed E-state index contributed by atoms with van der Waals surface area (Å²) in [6, 6.07) is 8.67. The average Bonchev–Trinajstić information content (AvgIpc) is 3.34. The van der Waals surface area contributed by atoms with E-state index >= 15 is 0 Å². The SMILES string of the molecule is COc1cc2c(cc1CC(C)C)-n1c(-c3ccc(C)s3)nc(C(=O)N(C)C(C)(C)C)c1CC2. The molecule has 1 aliphatic heterocycles. The molecule has 0 N–H and O–H groups in total. The van der Waals surface area contributed by atoms with Gasteiger partial charge in [0.25, 0.3) is 5.91 Å². The van der Waals surface area contributed by atoms with Crippen molar-refractivity contribution in [2.24, 2.45) is 5.92 Å². The third-order valence-electron chi connectivity index (χ3n) is 6.43. The number of nitrogens with zero attached hydrogens (tertiary/aromatic N) is 3. The number of methoxy groups -OCH3 is 1. The van der Waals surface area contributed by atoms with Crippen molar-refractivity contribution in [2.45, 2.75) is 66.3 Å². The van der Waals surface area contributed by atoms with Gasteiger partial charge in [-0.1, -0.05) is 13.8 Å². The monoisotopic (exact) mass is 465 g/mol. The quantitative estimate of drug-likeness (QED) is 0.458. The van der Waals surface area contributed by atoms with Crippen LogP contribution < -0.4 is 4.74 Å². The van der Waals surface area contributed by atoms with Gasteiger partial charge in [0.15, 0.2) is 11.5 Å².